The van der Waals surface area contributed by atoms with Crippen molar-refractivity contribution >= 4 is 28.5 Å². The maximum Gasteiger partial charge on any atom is 0.340 e. The number of aromatic nitrogens is 3. The van der Waals surface area contributed by atoms with Crippen molar-refractivity contribution in [3.05, 3.63) is 53.8 Å². The normalized spacial score (nSPS) is 13.9. The third kappa shape index (κ3) is 3.68. The first-order valence-electron chi connectivity index (χ1n) is 11.1. The Labute approximate surface area is 195 Å². The van der Waals surface area contributed by atoms with Crippen LogP contribution in [0.5, 0.6) is 5.75 Å². The summed E-state index contributed by atoms with van der Waals surface area (Å²) >= 11 is 0. The summed E-state index contributed by atoms with van der Waals surface area (Å²) in [7, 11) is 1.26. The Morgan fingerprint density at radius 1 is 1.15 bits per heavy atom. The van der Waals surface area contributed by atoms with Gasteiger partial charge in [0.1, 0.15) is 17.4 Å². The lowest BCUT2D eigenvalue weighted by Gasteiger charge is -2.29. The number of pyridine rings is 1. The van der Waals surface area contributed by atoms with Crippen LogP contribution in [0.15, 0.2) is 42.5 Å². The molecule has 2 aromatic heterocycles. The van der Waals surface area contributed by atoms with E-state index in [1.165, 1.54) is 25.7 Å². The van der Waals surface area contributed by atoms with Gasteiger partial charge in [0, 0.05) is 36.0 Å². The molecule has 0 bridgehead atoms. The van der Waals surface area contributed by atoms with E-state index in [1.807, 2.05) is 24.3 Å². The highest BCUT2D eigenvalue weighted by Crippen LogP contribution is 2.40. The SMILES string of the molecule is COC(=O)c1c(-c2ccc(O)cc2F)nc2n[nH]c(N)c2c1-c1ccc(N2CCCCC2)cc1. The molecule has 0 atom stereocenters. The number of H-pyrrole nitrogens is 1. The van der Waals surface area contributed by atoms with Crippen molar-refractivity contribution in [2.45, 2.75) is 19.3 Å². The molecule has 0 saturated carbocycles. The van der Waals surface area contributed by atoms with Crippen molar-refractivity contribution in [2.75, 3.05) is 30.8 Å². The topological polar surface area (TPSA) is 117 Å². The fourth-order valence-electron chi connectivity index (χ4n) is 4.55. The maximum absolute atomic E-state index is 14.9. The minimum Gasteiger partial charge on any atom is -0.508 e. The number of rotatable bonds is 4. The van der Waals surface area contributed by atoms with E-state index in [9.17, 15) is 14.3 Å². The Bertz CT molecular complexity index is 1380. The molecular formula is C25H24FN5O3. The van der Waals surface area contributed by atoms with Gasteiger partial charge in [0.05, 0.1) is 23.8 Å². The molecule has 4 N–H and O–H groups in total. The van der Waals surface area contributed by atoms with Crippen molar-refractivity contribution in [2.24, 2.45) is 0 Å². The fraction of sp³-hybridized carbons (Fsp3) is 0.240. The van der Waals surface area contributed by atoms with Gasteiger partial charge in [0.25, 0.3) is 0 Å². The number of fused-ring (bicyclic) bond motifs is 1. The molecular weight excluding hydrogens is 437 g/mol. The maximum atomic E-state index is 14.9. The molecule has 0 aliphatic carbocycles. The number of phenols is 1. The number of piperidine rings is 1. The molecule has 1 fully saturated rings. The van der Waals surface area contributed by atoms with Crippen molar-refractivity contribution in [1.82, 2.24) is 15.2 Å². The van der Waals surface area contributed by atoms with E-state index in [-0.39, 0.29) is 34.0 Å². The Balaban J connectivity index is 1.76. The Kier molecular flexibility index (Phi) is 5.53. The van der Waals surface area contributed by atoms with Crippen LogP contribution in [0.1, 0.15) is 29.6 Å². The number of nitrogens with one attached hydrogen (secondary N) is 1. The minimum atomic E-state index is -0.730. The molecule has 4 aromatic rings. The second-order valence-electron chi connectivity index (χ2n) is 8.30. The van der Waals surface area contributed by atoms with Crippen LogP contribution in [0, 0.1) is 5.82 Å². The molecule has 0 radical (unpaired) electrons. The second-order valence-corrected chi connectivity index (χ2v) is 8.30. The van der Waals surface area contributed by atoms with Crippen molar-refractivity contribution < 1.29 is 19.0 Å². The molecule has 0 unspecified atom stereocenters. The van der Waals surface area contributed by atoms with Gasteiger partial charge in [0.2, 0.25) is 0 Å². The summed E-state index contributed by atoms with van der Waals surface area (Å²) in [6.07, 6.45) is 3.56. The summed E-state index contributed by atoms with van der Waals surface area (Å²) in [5.74, 6) is -1.42. The van der Waals surface area contributed by atoms with E-state index < -0.39 is 11.8 Å². The van der Waals surface area contributed by atoms with Crippen LogP contribution >= 0.6 is 0 Å². The number of esters is 1. The highest BCUT2D eigenvalue weighted by Gasteiger charge is 2.28. The van der Waals surface area contributed by atoms with Gasteiger partial charge >= 0.3 is 5.97 Å². The number of halogens is 1. The van der Waals surface area contributed by atoms with Gasteiger partial charge in [0.15, 0.2) is 5.65 Å². The third-order valence-electron chi connectivity index (χ3n) is 6.20. The fourth-order valence-corrected chi connectivity index (χ4v) is 4.55. The Hall–Kier alpha value is -4.14. The van der Waals surface area contributed by atoms with Gasteiger partial charge in [-0.3, -0.25) is 5.10 Å². The minimum absolute atomic E-state index is 0.0351. The average Bonchev–Trinajstić information content (AvgIpc) is 3.23. The number of hydrogen-bond acceptors (Lipinski definition) is 7. The number of hydrogen-bond donors (Lipinski definition) is 3. The van der Waals surface area contributed by atoms with Crippen LogP contribution in [-0.2, 0) is 4.74 Å². The lowest BCUT2D eigenvalue weighted by molar-refractivity contribution is 0.0602. The van der Waals surface area contributed by atoms with Gasteiger partial charge in [-0.2, -0.15) is 5.10 Å². The number of nitrogen functional groups attached to an aromatic ring is 1. The number of anilines is 2. The largest absolute Gasteiger partial charge is 0.508 e. The molecule has 0 spiro atoms. The van der Waals surface area contributed by atoms with E-state index in [2.05, 4.69) is 20.1 Å². The van der Waals surface area contributed by atoms with Gasteiger partial charge in [-0.1, -0.05) is 12.1 Å². The lowest BCUT2D eigenvalue weighted by atomic mass is 9.92. The van der Waals surface area contributed by atoms with Crippen LogP contribution in [0.2, 0.25) is 0 Å². The number of methoxy groups -OCH3 is 1. The molecule has 0 amide bonds. The number of nitrogens with two attached hydrogens (primary N) is 1. The first-order valence-corrected chi connectivity index (χ1v) is 11.1. The number of phenolic OH excluding ortho intramolecular Hbond substituents is 1. The zero-order valence-corrected chi connectivity index (χ0v) is 18.6. The third-order valence-corrected chi connectivity index (χ3v) is 6.20. The molecule has 174 valence electrons. The monoisotopic (exact) mass is 461 g/mol. The average molecular weight is 461 g/mol. The van der Waals surface area contributed by atoms with Crippen LogP contribution in [0.4, 0.5) is 15.9 Å². The van der Waals surface area contributed by atoms with E-state index >= 15 is 0 Å². The van der Waals surface area contributed by atoms with E-state index in [1.54, 1.807) is 0 Å². The molecule has 34 heavy (non-hydrogen) atoms. The van der Waals surface area contributed by atoms with Crippen LogP contribution in [0.3, 0.4) is 0 Å². The van der Waals surface area contributed by atoms with Crippen molar-refractivity contribution in [1.29, 1.82) is 0 Å². The molecule has 2 aromatic carbocycles. The highest BCUT2D eigenvalue weighted by atomic mass is 19.1. The number of carbonyl (C=O) groups excluding carboxylic acids is 1. The number of nitrogens with zero attached hydrogens (tertiary/aromatic N) is 3. The summed E-state index contributed by atoms with van der Waals surface area (Å²) < 4.78 is 19.9. The van der Waals surface area contributed by atoms with Gasteiger partial charge in [-0.05, 0) is 49.1 Å². The quantitative estimate of drug-likeness (QED) is 0.383. The van der Waals surface area contributed by atoms with Crippen LogP contribution in [0.25, 0.3) is 33.4 Å². The van der Waals surface area contributed by atoms with Crippen LogP contribution in [-0.4, -0.2) is 46.5 Å². The van der Waals surface area contributed by atoms with Gasteiger partial charge < -0.3 is 20.5 Å². The van der Waals surface area contributed by atoms with Crippen molar-refractivity contribution in [3.8, 4) is 28.1 Å². The van der Waals surface area contributed by atoms with E-state index in [0.717, 1.165) is 37.7 Å². The number of aromatic amines is 1. The van der Waals surface area contributed by atoms with E-state index in [4.69, 9.17) is 10.5 Å². The first-order chi connectivity index (χ1) is 16.5. The molecule has 1 aliphatic heterocycles. The second kappa shape index (κ2) is 8.66. The molecule has 9 heteroatoms. The van der Waals surface area contributed by atoms with Crippen molar-refractivity contribution in [3.63, 3.8) is 0 Å². The predicted molar refractivity (Wildman–Crippen MR) is 128 cm³/mol. The van der Waals surface area contributed by atoms with Gasteiger partial charge in [-0.15, -0.1) is 0 Å². The Morgan fingerprint density at radius 3 is 2.56 bits per heavy atom. The number of carbonyl (C=O) groups is 1. The smallest absolute Gasteiger partial charge is 0.340 e. The lowest BCUT2D eigenvalue weighted by Crippen LogP contribution is -2.29. The number of ether oxygens (including phenoxy) is 1. The molecule has 1 aliphatic rings. The summed E-state index contributed by atoms with van der Waals surface area (Å²) in [4.78, 5) is 19.8. The predicted octanol–water partition coefficient (Wildman–Crippen LogP) is 4.50. The first kappa shape index (κ1) is 21.7. The zero-order chi connectivity index (χ0) is 23.8. The summed E-state index contributed by atoms with van der Waals surface area (Å²) in [5.41, 5.74) is 8.83. The Morgan fingerprint density at radius 2 is 1.88 bits per heavy atom. The highest BCUT2D eigenvalue weighted by molar-refractivity contribution is 6.13. The number of aromatic hydroxyl groups is 1. The van der Waals surface area contributed by atoms with Gasteiger partial charge in [-0.25, -0.2) is 14.2 Å². The summed E-state index contributed by atoms with van der Waals surface area (Å²) in [6.45, 7) is 2.01. The summed E-state index contributed by atoms with van der Waals surface area (Å²) in [6, 6.07) is 11.5. The van der Waals surface area contributed by atoms with E-state index in [0.29, 0.717) is 16.5 Å². The molecule has 5 rings (SSSR count). The standard InChI is InChI=1S/C25H24FN5O3/c1-34-25(33)20-19(14-5-7-15(8-6-14)31-11-3-2-4-12-31)21-23(27)29-30-24(21)28-22(20)17-10-9-16(32)13-18(17)26/h5-10,13,32H,2-4,11-12H2,1H3,(H3,27,28,29,30). The molecule has 1 saturated heterocycles. The molecule has 8 nitrogen and oxygen atoms in total. The summed E-state index contributed by atoms with van der Waals surface area (Å²) in [5, 5.41) is 17.0. The number of benzene rings is 2. The molecule has 3 heterocycles. The van der Waals surface area contributed by atoms with Crippen LogP contribution < -0.4 is 10.6 Å². The zero-order valence-electron chi connectivity index (χ0n) is 18.6.